The predicted octanol–water partition coefficient (Wildman–Crippen LogP) is 3.52. The lowest BCUT2D eigenvalue weighted by Gasteiger charge is -2.17. The number of para-hydroxylation sites is 1. The van der Waals surface area contributed by atoms with Gasteiger partial charge >= 0.3 is 0 Å². The molecule has 0 saturated heterocycles. The fourth-order valence-corrected chi connectivity index (χ4v) is 3.00. The lowest BCUT2D eigenvalue weighted by atomic mass is 10.0. The van der Waals surface area contributed by atoms with Crippen LogP contribution in [-0.4, -0.2) is 29.6 Å². The van der Waals surface area contributed by atoms with Gasteiger partial charge < -0.3 is 14.8 Å². The van der Waals surface area contributed by atoms with Gasteiger partial charge in [-0.05, 0) is 43.7 Å². The van der Waals surface area contributed by atoms with Gasteiger partial charge in [0.1, 0.15) is 12.2 Å². The van der Waals surface area contributed by atoms with Gasteiger partial charge in [0.15, 0.2) is 11.5 Å². The Morgan fingerprint density at radius 1 is 1.27 bits per heavy atom. The van der Waals surface area contributed by atoms with Gasteiger partial charge in [-0.3, -0.25) is 14.9 Å². The minimum absolute atomic E-state index is 0.00447. The minimum Gasteiger partial charge on any atom is -0.483 e. The monoisotopic (exact) mass is 406 g/mol. The summed E-state index contributed by atoms with van der Waals surface area (Å²) in [7, 11) is 0. The molecule has 1 heterocycles. The van der Waals surface area contributed by atoms with Crippen molar-refractivity contribution in [2.45, 2.75) is 25.9 Å². The summed E-state index contributed by atoms with van der Waals surface area (Å²) in [6.45, 7) is 4.45. The quantitative estimate of drug-likeness (QED) is 0.343. The van der Waals surface area contributed by atoms with Crippen molar-refractivity contribution < 1.29 is 19.2 Å². The molecule has 0 aliphatic carbocycles. The molecule has 2 aromatic carbocycles. The number of non-ortho nitro benzene ring substituents is 1. The molecule has 0 fully saturated rings. The molecular formula is C23H22N2O5. The summed E-state index contributed by atoms with van der Waals surface area (Å²) in [5.74, 6) is 6.83. The number of ether oxygens (including phenoxy) is 2. The second-order valence-corrected chi connectivity index (χ2v) is 7.32. The van der Waals surface area contributed by atoms with Gasteiger partial charge in [0.2, 0.25) is 5.91 Å². The largest absolute Gasteiger partial charge is 0.483 e. The van der Waals surface area contributed by atoms with E-state index in [9.17, 15) is 14.9 Å². The van der Waals surface area contributed by atoms with Crippen LogP contribution in [0.4, 0.5) is 5.69 Å². The van der Waals surface area contributed by atoms with E-state index in [-0.39, 0.29) is 30.3 Å². The van der Waals surface area contributed by atoms with Crippen molar-refractivity contribution in [3.8, 4) is 23.3 Å². The van der Waals surface area contributed by atoms with E-state index in [1.807, 2.05) is 32.0 Å². The van der Waals surface area contributed by atoms with Crippen LogP contribution in [0.5, 0.6) is 11.5 Å². The molecule has 7 nitrogen and oxygen atoms in total. The van der Waals surface area contributed by atoms with E-state index in [1.165, 1.54) is 18.2 Å². The third kappa shape index (κ3) is 5.61. The van der Waals surface area contributed by atoms with Crippen molar-refractivity contribution in [2.75, 3.05) is 13.2 Å². The minimum atomic E-state index is -0.471. The number of nitrogens with zero attached hydrogens (tertiary/aromatic N) is 1. The highest BCUT2D eigenvalue weighted by atomic mass is 16.6. The molecule has 1 amide bonds. The van der Waals surface area contributed by atoms with Crippen LogP contribution < -0.4 is 14.8 Å². The number of benzene rings is 2. The highest BCUT2D eigenvalue weighted by molar-refractivity contribution is 5.91. The molecule has 154 valence electrons. The number of nitro benzene ring substituents is 1. The van der Waals surface area contributed by atoms with Gasteiger partial charge in [0.25, 0.3) is 5.69 Å². The van der Waals surface area contributed by atoms with E-state index in [4.69, 9.17) is 9.47 Å². The van der Waals surface area contributed by atoms with Gasteiger partial charge in [-0.2, -0.15) is 0 Å². The Hall–Kier alpha value is -3.79. The van der Waals surface area contributed by atoms with Crippen LogP contribution in [-0.2, 0) is 11.2 Å². The molecule has 2 aromatic rings. The number of amides is 1. The van der Waals surface area contributed by atoms with E-state index in [1.54, 1.807) is 18.2 Å². The summed E-state index contributed by atoms with van der Waals surface area (Å²) in [5, 5.41) is 13.3. The topological polar surface area (TPSA) is 90.7 Å². The Labute approximate surface area is 174 Å². The Morgan fingerprint density at radius 3 is 2.77 bits per heavy atom. The number of hydrogen-bond acceptors (Lipinski definition) is 5. The Bertz CT molecular complexity index is 1030. The van der Waals surface area contributed by atoms with Crippen molar-refractivity contribution in [1.29, 1.82) is 0 Å². The summed E-state index contributed by atoms with van der Waals surface area (Å²) in [4.78, 5) is 22.0. The summed E-state index contributed by atoms with van der Waals surface area (Å²) < 4.78 is 11.7. The number of nitrogens with one attached hydrogen (secondary N) is 1. The molecule has 1 aliphatic rings. The van der Waals surface area contributed by atoms with Crippen molar-refractivity contribution in [2.24, 2.45) is 0 Å². The van der Waals surface area contributed by atoms with Gasteiger partial charge in [-0.15, -0.1) is 0 Å². The average Bonchev–Trinajstić information content (AvgIpc) is 3.03. The first kappa shape index (κ1) is 20.9. The Morgan fingerprint density at radius 2 is 2.03 bits per heavy atom. The van der Waals surface area contributed by atoms with Crippen LogP contribution >= 0.6 is 0 Å². The van der Waals surface area contributed by atoms with Crippen LogP contribution in [0.2, 0.25) is 0 Å². The summed E-state index contributed by atoms with van der Waals surface area (Å²) in [6.07, 6.45) is 3.77. The van der Waals surface area contributed by atoms with Gasteiger partial charge in [-0.25, -0.2) is 0 Å². The molecule has 7 heteroatoms. The maximum Gasteiger partial charge on any atom is 0.269 e. The third-order valence-electron chi connectivity index (χ3n) is 4.36. The molecule has 0 aromatic heterocycles. The van der Waals surface area contributed by atoms with Crippen LogP contribution in [0.3, 0.4) is 0 Å². The SMILES string of the molecule is CC1(C)Cc2cccc(OCC#CCNC(=O)/C=C/c3ccc([N+](=O)[O-])cc3)c2O1. The summed E-state index contributed by atoms with van der Waals surface area (Å²) in [6, 6.07) is 11.7. The van der Waals surface area contributed by atoms with Crippen molar-refractivity contribution in [1.82, 2.24) is 5.32 Å². The van der Waals surface area contributed by atoms with Gasteiger partial charge in [-0.1, -0.05) is 24.0 Å². The van der Waals surface area contributed by atoms with Gasteiger partial charge in [0, 0.05) is 30.2 Å². The Kier molecular flexibility index (Phi) is 6.38. The molecule has 0 unspecified atom stereocenters. The standard InChI is InChI=1S/C23H22N2O5/c1-23(2)16-18-6-5-7-20(22(18)30-23)29-15-4-3-14-24-21(26)13-10-17-8-11-19(12-9-17)25(27)28/h5-13H,14-16H2,1-2H3,(H,24,26)/b13-10+. The highest BCUT2D eigenvalue weighted by Crippen LogP contribution is 2.41. The number of rotatable bonds is 6. The molecule has 3 rings (SSSR count). The number of carbonyl (C=O) groups excluding carboxylic acids is 1. The number of nitro groups is 1. The smallest absolute Gasteiger partial charge is 0.269 e. The molecule has 0 bridgehead atoms. The lowest BCUT2D eigenvalue weighted by molar-refractivity contribution is -0.384. The van der Waals surface area contributed by atoms with Crippen LogP contribution in [0.1, 0.15) is 25.0 Å². The van der Waals surface area contributed by atoms with E-state index < -0.39 is 4.92 Å². The van der Waals surface area contributed by atoms with Crippen LogP contribution in [0.25, 0.3) is 6.08 Å². The maximum absolute atomic E-state index is 11.8. The van der Waals surface area contributed by atoms with E-state index >= 15 is 0 Å². The zero-order chi connectivity index (χ0) is 21.6. The normalized spacial score (nSPS) is 13.7. The number of hydrogen-bond donors (Lipinski definition) is 1. The van der Waals surface area contributed by atoms with Gasteiger partial charge in [0.05, 0.1) is 11.5 Å². The Balaban J connectivity index is 1.42. The predicted molar refractivity (Wildman–Crippen MR) is 113 cm³/mol. The van der Waals surface area contributed by atoms with E-state index in [0.29, 0.717) is 11.3 Å². The molecule has 0 radical (unpaired) electrons. The molecule has 1 N–H and O–H groups in total. The fraction of sp³-hybridized carbons (Fsp3) is 0.261. The first-order valence-electron chi connectivity index (χ1n) is 9.44. The van der Waals surface area contributed by atoms with Crippen molar-refractivity contribution >= 4 is 17.7 Å². The van der Waals surface area contributed by atoms with E-state index in [0.717, 1.165) is 17.7 Å². The second kappa shape index (κ2) is 9.14. The van der Waals surface area contributed by atoms with Crippen LogP contribution in [0, 0.1) is 22.0 Å². The second-order valence-electron chi connectivity index (χ2n) is 7.32. The molecule has 0 atom stereocenters. The molecule has 0 saturated carbocycles. The van der Waals surface area contributed by atoms with E-state index in [2.05, 4.69) is 17.2 Å². The maximum atomic E-state index is 11.8. The zero-order valence-electron chi connectivity index (χ0n) is 16.8. The molecule has 30 heavy (non-hydrogen) atoms. The molecular weight excluding hydrogens is 384 g/mol. The molecule has 0 spiro atoms. The summed E-state index contributed by atoms with van der Waals surface area (Å²) >= 11 is 0. The summed E-state index contributed by atoms with van der Waals surface area (Å²) in [5.41, 5.74) is 1.58. The van der Waals surface area contributed by atoms with Crippen LogP contribution in [0.15, 0.2) is 48.5 Å². The zero-order valence-corrected chi connectivity index (χ0v) is 16.8. The first-order chi connectivity index (χ1) is 14.3. The number of carbonyl (C=O) groups is 1. The van der Waals surface area contributed by atoms with Crippen molar-refractivity contribution in [3.05, 3.63) is 69.8 Å². The molecule has 1 aliphatic heterocycles. The highest BCUT2D eigenvalue weighted by Gasteiger charge is 2.32. The fourth-order valence-electron chi connectivity index (χ4n) is 3.00. The average molecular weight is 406 g/mol. The number of fused-ring (bicyclic) bond motifs is 1. The third-order valence-corrected chi connectivity index (χ3v) is 4.36. The first-order valence-corrected chi connectivity index (χ1v) is 9.44. The van der Waals surface area contributed by atoms with Crippen molar-refractivity contribution in [3.63, 3.8) is 0 Å². The lowest BCUT2D eigenvalue weighted by Crippen LogP contribution is -2.24.